The summed E-state index contributed by atoms with van der Waals surface area (Å²) in [5.41, 5.74) is 1.73. The Kier molecular flexibility index (Phi) is 4.63. The maximum absolute atomic E-state index is 11.7. The van der Waals surface area contributed by atoms with Crippen LogP contribution in [0.25, 0.3) is 0 Å². The SMILES string of the molecule is Cc1cc(S(C)(=O)=O)c(Br)cc1N1CCCC(C(=O)O)C1. The lowest BCUT2D eigenvalue weighted by molar-refractivity contribution is -0.141. The molecule has 1 atom stereocenters. The van der Waals surface area contributed by atoms with Gasteiger partial charge in [0, 0.05) is 29.5 Å². The molecule has 1 unspecified atom stereocenters. The lowest BCUT2D eigenvalue weighted by Gasteiger charge is -2.33. The van der Waals surface area contributed by atoms with Gasteiger partial charge in [-0.25, -0.2) is 8.42 Å². The van der Waals surface area contributed by atoms with E-state index in [4.69, 9.17) is 5.11 Å². The number of aryl methyl sites for hydroxylation is 1. The molecule has 21 heavy (non-hydrogen) atoms. The van der Waals surface area contributed by atoms with E-state index in [0.717, 1.165) is 24.2 Å². The van der Waals surface area contributed by atoms with Crippen LogP contribution in [0.2, 0.25) is 0 Å². The number of nitrogens with zero attached hydrogens (tertiary/aromatic N) is 1. The summed E-state index contributed by atoms with van der Waals surface area (Å²) in [5, 5.41) is 9.16. The normalized spacial score (nSPS) is 19.6. The van der Waals surface area contributed by atoms with Gasteiger partial charge in [0.1, 0.15) is 0 Å². The Labute approximate surface area is 133 Å². The van der Waals surface area contributed by atoms with E-state index in [9.17, 15) is 13.2 Å². The van der Waals surface area contributed by atoms with E-state index in [1.807, 2.05) is 11.8 Å². The van der Waals surface area contributed by atoms with E-state index in [1.54, 1.807) is 12.1 Å². The number of anilines is 1. The number of carbonyl (C=O) groups is 1. The number of hydrogen-bond donors (Lipinski definition) is 1. The quantitative estimate of drug-likeness (QED) is 0.877. The molecule has 1 N–H and O–H groups in total. The van der Waals surface area contributed by atoms with E-state index in [1.165, 1.54) is 6.26 Å². The smallest absolute Gasteiger partial charge is 0.308 e. The summed E-state index contributed by atoms with van der Waals surface area (Å²) in [7, 11) is -3.29. The number of benzene rings is 1. The summed E-state index contributed by atoms with van der Waals surface area (Å²) >= 11 is 3.31. The predicted molar refractivity (Wildman–Crippen MR) is 84.6 cm³/mol. The van der Waals surface area contributed by atoms with Crippen molar-refractivity contribution in [3.8, 4) is 0 Å². The molecule has 7 heteroatoms. The molecule has 1 aliphatic heterocycles. The van der Waals surface area contributed by atoms with Crippen LogP contribution in [0.1, 0.15) is 18.4 Å². The van der Waals surface area contributed by atoms with E-state index < -0.39 is 15.8 Å². The lowest BCUT2D eigenvalue weighted by Crippen LogP contribution is -2.39. The van der Waals surface area contributed by atoms with Gasteiger partial charge in [-0.05, 0) is 53.4 Å². The molecule has 0 aliphatic carbocycles. The third kappa shape index (κ3) is 3.58. The van der Waals surface area contributed by atoms with Crippen LogP contribution in [-0.2, 0) is 14.6 Å². The van der Waals surface area contributed by atoms with Crippen molar-refractivity contribution in [1.29, 1.82) is 0 Å². The number of piperidine rings is 1. The van der Waals surface area contributed by atoms with Crippen molar-refractivity contribution in [2.45, 2.75) is 24.7 Å². The molecule has 1 aliphatic rings. The average Bonchev–Trinajstić information content (AvgIpc) is 2.40. The largest absolute Gasteiger partial charge is 0.481 e. The van der Waals surface area contributed by atoms with Gasteiger partial charge in [0.15, 0.2) is 9.84 Å². The Morgan fingerprint density at radius 2 is 2.10 bits per heavy atom. The van der Waals surface area contributed by atoms with Crippen molar-refractivity contribution in [3.63, 3.8) is 0 Å². The van der Waals surface area contributed by atoms with Crippen molar-refractivity contribution in [2.24, 2.45) is 5.92 Å². The molecule has 2 rings (SSSR count). The van der Waals surface area contributed by atoms with Crippen LogP contribution < -0.4 is 4.90 Å². The molecule has 0 spiro atoms. The Bertz CT molecular complexity index is 672. The fourth-order valence-electron chi connectivity index (χ4n) is 2.67. The first-order valence-corrected chi connectivity index (χ1v) is 9.36. The molecule has 0 radical (unpaired) electrons. The van der Waals surface area contributed by atoms with Gasteiger partial charge >= 0.3 is 5.97 Å². The summed E-state index contributed by atoms with van der Waals surface area (Å²) in [6.45, 7) is 3.09. The highest BCUT2D eigenvalue weighted by molar-refractivity contribution is 9.10. The van der Waals surface area contributed by atoms with Gasteiger partial charge < -0.3 is 10.0 Å². The second-order valence-corrected chi connectivity index (χ2v) is 8.30. The second-order valence-electron chi connectivity index (χ2n) is 5.46. The number of halogens is 1. The van der Waals surface area contributed by atoms with Crippen molar-refractivity contribution in [3.05, 3.63) is 22.2 Å². The van der Waals surface area contributed by atoms with Gasteiger partial charge in [-0.15, -0.1) is 0 Å². The lowest BCUT2D eigenvalue weighted by atomic mass is 9.97. The Morgan fingerprint density at radius 1 is 1.43 bits per heavy atom. The van der Waals surface area contributed by atoms with Crippen LogP contribution >= 0.6 is 15.9 Å². The van der Waals surface area contributed by atoms with E-state index >= 15 is 0 Å². The van der Waals surface area contributed by atoms with Crippen molar-refractivity contribution in [2.75, 3.05) is 24.2 Å². The molecule has 0 bridgehead atoms. The first kappa shape index (κ1) is 16.3. The van der Waals surface area contributed by atoms with Crippen LogP contribution in [0.5, 0.6) is 0 Å². The molecule has 1 heterocycles. The minimum absolute atomic E-state index is 0.260. The molecule has 1 aromatic carbocycles. The number of aliphatic carboxylic acids is 1. The minimum Gasteiger partial charge on any atom is -0.481 e. The molecule has 5 nitrogen and oxygen atoms in total. The minimum atomic E-state index is -3.29. The molecule has 1 aromatic rings. The Balaban J connectivity index is 2.37. The molecule has 0 amide bonds. The number of rotatable bonds is 3. The average molecular weight is 376 g/mol. The molecule has 1 saturated heterocycles. The van der Waals surface area contributed by atoms with Gasteiger partial charge in [-0.2, -0.15) is 0 Å². The van der Waals surface area contributed by atoms with Crippen molar-refractivity contribution >= 4 is 37.4 Å². The zero-order valence-electron chi connectivity index (χ0n) is 12.0. The number of carboxylic acid groups (broad SMARTS) is 1. The van der Waals surface area contributed by atoms with Crippen LogP contribution in [0.15, 0.2) is 21.5 Å². The van der Waals surface area contributed by atoms with Crippen molar-refractivity contribution in [1.82, 2.24) is 0 Å². The van der Waals surface area contributed by atoms with Gasteiger partial charge in [-0.1, -0.05) is 0 Å². The van der Waals surface area contributed by atoms with Gasteiger partial charge in [0.25, 0.3) is 0 Å². The summed E-state index contributed by atoms with van der Waals surface area (Å²) in [6, 6.07) is 3.41. The number of hydrogen-bond acceptors (Lipinski definition) is 4. The highest BCUT2D eigenvalue weighted by Crippen LogP contribution is 2.33. The van der Waals surface area contributed by atoms with E-state index in [-0.39, 0.29) is 10.8 Å². The molecular weight excluding hydrogens is 358 g/mol. The maximum atomic E-state index is 11.7. The Hall–Kier alpha value is -1.08. The van der Waals surface area contributed by atoms with Crippen LogP contribution in [0, 0.1) is 12.8 Å². The summed E-state index contributed by atoms with van der Waals surface area (Å²) in [4.78, 5) is 13.4. The zero-order valence-corrected chi connectivity index (χ0v) is 14.4. The molecular formula is C14H18BrNO4S. The predicted octanol–water partition coefficient (Wildman–Crippen LogP) is 2.46. The van der Waals surface area contributed by atoms with Crippen LogP contribution in [0.3, 0.4) is 0 Å². The summed E-state index contributed by atoms with van der Waals surface area (Å²) in [6.07, 6.45) is 2.68. The monoisotopic (exact) mass is 375 g/mol. The topological polar surface area (TPSA) is 74.7 Å². The third-order valence-electron chi connectivity index (χ3n) is 3.76. The highest BCUT2D eigenvalue weighted by Gasteiger charge is 2.27. The molecule has 0 saturated carbocycles. The fraction of sp³-hybridized carbons (Fsp3) is 0.500. The third-order valence-corrected chi connectivity index (χ3v) is 5.82. The molecule has 0 aromatic heterocycles. The first-order valence-electron chi connectivity index (χ1n) is 6.68. The zero-order chi connectivity index (χ0) is 15.8. The van der Waals surface area contributed by atoms with E-state index in [0.29, 0.717) is 17.4 Å². The van der Waals surface area contributed by atoms with Gasteiger partial charge in [0.05, 0.1) is 10.8 Å². The highest BCUT2D eigenvalue weighted by atomic mass is 79.9. The van der Waals surface area contributed by atoms with Gasteiger partial charge in [-0.3, -0.25) is 4.79 Å². The van der Waals surface area contributed by atoms with Crippen molar-refractivity contribution < 1.29 is 18.3 Å². The van der Waals surface area contributed by atoms with E-state index in [2.05, 4.69) is 15.9 Å². The first-order chi connectivity index (χ1) is 9.70. The van der Waals surface area contributed by atoms with Crippen LogP contribution in [-0.4, -0.2) is 38.8 Å². The fourth-order valence-corrected chi connectivity index (χ4v) is 4.68. The Morgan fingerprint density at radius 3 is 2.67 bits per heavy atom. The molecule has 1 fully saturated rings. The molecule has 116 valence electrons. The maximum Gasteiger partial charge on any atom is 0.308 e. The second kappa shape index (κ2) is 5.96. The summed E-state index contributed by atoms with van der Waals surface area (Å²) in [5.74, 6) is -1.14. The standard InChI is InChI=1S/C14H18BrNO4S/c1-9-6-13(21(2,19)20)11(15)7-12(9)16-5-3-4-10(8-16)14(17)18/h6-7,10H,3-5,8H2,1-2H3,(H,17,18). The van der Waals surface area contributed by atoms with Gasteiger partial charge in [0.2, 0.25) is 0 Å². The van der Waals surface area contributed by atoms with Crippen LogP contribution in [0.4, 0.5) is 5.69 Å². The summed E-state index contributed by atoms with van der Waals surface area (Å²) < 4.78 is 23.9. The number of carboxylic acids is 1. The number of sulfone groups is 1.